The van der Waals surface area contributed by atoms with E-state index in [1.807, 2.05) is 31.2 Å². The first kappa shape index (κ1) is 12.8. The Hall–Kier alpha value is -2.22. The number of aryl methyl sites for hydroxylation is 1. The lowest BCUT2D eigenvalue weighted by Crippen LogP contribution is -1.96. The van der Waals surface area contributed by atoms with Crippen LogP contribution in [0.4, 0.5) is 4.39 Å². The van der Waals surface area contributed by atoms with Gasteiger partial charge in [-0.15, -0.1) is 0 Å². The monoisotopic (exact) mass is 266 g/mol. The Labute approximate surface area is 117 Å². The standard InChI is InChI=1S/C18H15FO/c1-12-2-4-13(5-3-12)16-10-11-17(20)18(16)14-6-8-15(19)9-7-14/h2-9H,10-11H2,1H3. The van der Waals surface area contributed by atoms with Gasteiger partial charge in [0.05, 0.1) is 0 Å². The molecule has 0 atom stereocenters. The molecular formula is C18H15FO. The van der Waals surface area contributed by atoms with Gasteiger partial charge in [-0.3, -0.25) is 4.79 Å². The lowest BCUT2D eigenvalue weighted by atomic mass is 9.96. The van der Waals surface area contributed by atoms with E-state index in [9.17, 15) is 9.18 Å². The zero-order chi connectivity index (χ0) is 14.1. The summed E-state index contributed by atoms with van der Waals surface area (Å²) in [6, 6.07) is 14.4. The molecule has 2 heteroatoms. The normalized spacial score (nSPS) is 15.0. The molecule has 20 heavy (non-hydrogen) atoms. The van der Waals surface area contributed by atoms with Crippen LogP contribution in [0.1, 0.15) is 29.5 Å². The Balaban J connectivity index is 2.12. The molecular weight excluding hydrogens is 251 g/mol. The van der Waals surface area contributed by atoms with Crippen LogP contribution >= 0.6 is 0 Å². The molecule has 0 aromatic heterocycles. The van der Waals surface area contributed by atoms with E-state index in [0.29, 0.717) is 6.42 Å². The third-order valence-electron chi connectivity index (χ3n) is 3.72. The Morgan fingerprint density at radius 2 is 1.45 bits per heavy atom. The molecule has 3 rings (SSSR count). The van der Waals surface area contributed by atoms with E-state index in [0.717, 1.165) is 28.7 Å². The van der Waals surface area contributed by atoms with E-state index in [4.69, 9.17) is 0 Å². The average Bonchev–Trinajstić information content (AvgIpc) is 2.83. The van der Waals surface area contributed by atoms with Crippen LogP contribution < -0.4 is 0 Å². The third-order valence-corrected chi connectivity index (χ3v) is 3.72. The van der Waals surface area contributed by atoms with Gasteiger partial charge in [0, 0.05) is 12.0 Å². The van der Waals surface area contributed by atoms with Crippen molar-refractivity contribution >= 4 is 16.9 Å². The molecule has 1 nitrogen and oxygen atoms in total. The van der Waals surface area contributed by atoms with Crippen molar-refractivity contribution in [1.29, 1.82) is 0 Å². The Morgan fingerprint density at radius 1 is 0.850 bits per heavy atom. The van der Waals surface area contributed by atoms with Crippen LogP contribution in [0.2, 0.25) is 0 Å². The van der Waals surface area contributed by atoms with Gasteiger partial charge in [0.1, 0.15) is 5.82 Å². The number of allylic oxidation sites excluding steroid dienone is 2. The molecule has 0 heterocycles. The fourth-order valence-electron chi connectivity index (χ4n) is 2.65. The first-order valence-electron chi connectivity index (χ1n) is 6.74. The van der Waals surface area contributed by atoms with Crippen molar-refractivity contribution in [3.63, 3.8) is 0 Å². The van der Waals surface area contributed by atoms with Crippen LogP contribution in [-0.4, -0.2) is 5.78 Å². The van der Waals surface area contributed by atoms with Crippen molar-refractivity contribution in [2.75, 3.05) is 0 Å². The van der Waals surface area contributed by atoms with Gasteiger partial charge < -0.3 is 0 Å². The van der Waals surface area contributed by atoms with Gasteiger partial charge in [-0.1, -0.05) is 42.0 Å². The third kappa shape index (κ3) is 2.29. The second-order valence-corrected chi connectivity index (χ2v) is 5.15. The highest BCUT2D eigenvalue weighted by atomic mass is 19.1. The molecule has 0 radical (unpaired) electrons. The van der Waals surface area contributed by atoms with E-state index in [-0.39, 0.29) is 11.6 Å². The highest BCUT2D eigenvalue weighted by Gasteiger charge is 2.25. The fourth-order valence-corrected chi connectivity index (χ4v) is 2.65. The summed E-state index contributed by atoms with van der Waals surface area (Å²) >= 11 is 0. The number of hydrogen-bond acceptors (Lipinski definition) is 1. The van der Waals surface area contributed by atoms with Crippen LogP contribution in [0.3, 0.4) is 0 Å². The van der Waals surface area contributed by atoms with E-state index < -0.39 is 0 Å². The van der Waals surface area contributed by atoms with Gasteiger partial charge in [0.25, 0.3) is 0 Å². The maximum Gasteiger partial charge on any atom is 0.164 e. The number of benzene rings is 2. The molecule has 1 aliphatic rings. The SMILES string of the molecule is Cc1ccc(C2=C(c3ccc(F)cc3)C(=O)CC2)cc1. The van der Waals surface area contributed by atoms with Crippen molar-refractivity contribution in [2.24, 2.45) is 0 Å². The number of rotatable bonds is 2. The number of Topliss-reactive ketones (excluding diaryl/α,β-unsaturated/α-hetero) is 1. The lowest BCUT2D eigenvalue weighted by Gasteiger charge is -2.08. The van der Waals surface area contributed by atoms with Crippen molar-refractivity contribution < 1.29 is 9.18 Å². The summed E-state index contributed by atoms with van der Waals surface area (Å²) in [4.78, 5) is 12.2. The second kappa shape index (κ2) is 5.04. The molecule has 0 spiro atoms. The van der Waals surface area contributed by atoms with Crippen LogP contribution in [0.25, 0.3) is 11.1 Å². The van der Waals surface area contributed by atoms with Crippen molar-refractivity contribution in [3.8, 4) is 0 Å². The average molecular weight is 266 g/mol. The number of ketones is 1. The number of halogens is 1. The first-order chi connectivity index (χ1) is 9.65. The topological polar surface area (TPSA) is 17.1 Å². The van der Waals surface area contributed by atoms with Gasteiger partial charge in [-0.25, -0.2) is 4.39 Å². The number of hydrogen-bond donors (Lipinski definition) is 0. The van der Waals surface area contributed by atoms with E-state index >= 15 is 0 Å². The van der Waals surface area contributed by atoms with Crippen LogP contribution in [0.5, 0.6) is 0 Å². The van der Waals surface area contributed by atoms with Crippen molar-refractivity contribution in [3.05, 3.63) is 71.0 Å². The van der Waals surface area contributed by atoms with Gasteiger partial charge in [0.2, 0.25) is 0 Å². The summed E-state index contributed by atoms with van der Waals surface area (Å²) in [5.41, 5.74) is 4.91. The second-order valence-electron chi connectivity index (χ2n) is 5.15. The summed E-state index contributed by atoms with van der Waals surface area (Å²) in [6.45, 7) is 2.04. The highest BCUT2D eigenvalue weighted by Crippen LogP contribution is 2.37. The van der Waals surface area contributed by atoms with Crippen LogP contribution in [0, 0.1) is 12.7 Å². The quantitative estimate of drug-likeness (QED) is 0.787. The van der Waals surface area contributed by atoms with Crippen LogP contribution in [-0.2, 0) is 4.79 Å². The van der Waals surface area contributed by atoms with E-state index in [2.05, 4.69) is 0 Å². The predicted molar refractivity (Wildman–Crippen MR) is 78.6 cm³/mol. The van der Waals surface area contributed by atoms with E-state index in [1.54, 1.807) is 12.1 Å². The minimum absolute atomic E-state index is 0.146. The summed E-state index contributed by atoms with van der Waals surface area (Å²) in [5.74, 6) is -0.135. The highest BCUT2D eigenvalue weighted by molar-refractivity contribution is 6.31. The molecule has 0 fully saturated rings. The molecule has 0 bridgehead atoms. The van der Waals surface area contributed by atoms with E-state index in [1.165, 1.54) is 17.7 Å². The summed E-state index contributed by atoms with van der Waals surface area (Å²) in [5, 5.41) is 0. The molecule has 0 saturated heterocycles. The van der Waals surface area contributed by atoms with Gasteiger partial charge >= 0.3 is 0 Å². The van der Waals surface area contributed by atoms with Crippen molar-refractivity contribution in [1.82, 2.24) is 0 Å². The summed E-state index contributed by atoms with van der Waals surface area (Å²) < 4.78 is 13.0. The Morgan fingerprint density at radius 3 is 2.10 bits per heavy atom. The lowest BCUT2D eigenvalue weighted by molar-refractivity contribution is -0.113. The summed E-state index contributed by atoms with van der Waals surface area (Å²) in [6.07, 6.45) is 1.30. The fraction of sp³-hybridized carbons (Fsp3) is 0.167. The summed E-state index contributed by atoms with van der Waals surface area (Å²) in [7, 11) is 0. The zero-order valence-electron chi connectivity index (χ0n) is 11.3. The Kier molecular flexibility index (Phi) is 3.23. The number of carbonyl (C=O) groups excluding carboxylic acids is 1. The van der Waals surface area contributed by atoms with Crippen LogP contribution in [0.15, 0.2) is 48.5 Å². The number of carbonyl (C=O) groups is 1. The van der Waals surface area contributed by atoms with Gasteiger partial charge in [-0.2, -0.15) is 0 Å². The molecule has 1 aliphatic carbocycles. The smallest absolute Gasteiger partial charge is 0.164 e. The maximum atomic E-state index is 13.0. The first-order valence-corrected chi connectivity index (χ1v) is 6.74. The van der Waals surface area contributed by atoms with Crippen molar-refractivity contribution in [2.45, 2.75) is 19.8 Å². The van der Waals surface area contributed by atoms with Gasteiger partial charge in [0.15, 0.2) is 5.78 Å². The minimum Gasteiger partial charge on any atom is -0.294 e. The molecule has 2 aromatic rings. The van der Waals surface area contributed by atoms with Gasteiger partial charge in [-0.05, 0) is 42.2 Å². The molecule has 100 valence electrons. The zero-order valence-corrected chi connectivity index (χ0v) is 11.3. The largest absolute Gasteiger partial charge is 0.294 e. The molecule has 0 amide bonds. The molecule has 0 saturated carbocycles. The molecule has 0 aliphatic heterocycles. The Bertz CT molecular complexity index is 678. The molecule has 0 unspecified atom stereocenters. The predicted octanol–water partition coefficient (Wildman–Crippen LogP) is 4.41. The maximum absolute atomic E-state index is 13.0. The minimum atomic E-state index is -0.281. The molecule has 0 N–H and O–H groups in total. The molecule has 2 aromatic carbocycles.